The maximum absolute atomic E-state index is 12.1. The summed E-state index contributed by atoms with van der Waals surface area (Å²) in [4.78, 5) is 22.8. The number of amides is 3. The van der Waals surface area contributed by atoms with Gasteiger partial charge in [0.1, 0.15) is 0 Å². The van der Waals surface area contributed by atoms with Crippen molar-refractivity contribution in [2.75, 3.05) is 5.32 Å². The largest absolute Gasteiger partial charge is 0.351 e. The minimum absolute atomic E-state index is 0.161. The number of hydrogen-bond donors (Lipinski definition) is 3. The van der Waals surface area contributed by atoms with E-state index in [9.17, 15) is 9.59 Å². The number of carbonyl (C=O) groups excluding carboxylic acids is 2. The van der Waals surface area contributed by atoms with Crippen LogP contribution in [0.4, 0.5) is 10.5 Å². The van der Waals surface area contributed by atoms with Gasteiger partial charge in [0.2, 0.25) is 0 Å². The van der Waals surface area contributed by atoms with Gasteiger partial charge in [-0.25, -0.2) is 4.79 Å². The van der Waals surface area contributed by atoms with E-state index in [2.05, 4.69) is 16.7 Å². The van der Waals surface area contributed by atoms with E-state index in [0.29, 0.717) is 17.8 Å². The molecular formula is C17H19N3O2. The number of anilines is 1. The van der Waals surface area contributed by atoms with Gasteiger partial charge in [0, 0.05) is 17.8 Å². The Balaban J connectivity index is 1.98. The molecule has 0 bridgehead atoms. The number of nitrogens with one attached hydrogen (secondary N) is 2. The molecule has 0 saturated heterocycles. The zero-order valence-electron chi connectivity index (χ0n) is 12.6. The zero-order valence-corrected chi connectivity index (χ0v) is 12.6. The summed E-state index contributed by atoms with van der Waals surface area (Å²) in [6.45, 7) is 4.54. The average molecular weight is 297 g/mol. The number of urea groups is 1. The highest BCUT2D eigenvalue weighted by atomic mass is 16.2. The Morgan fingerprint density at radius 1 is 1.05 bits per heavy atom. The minimum Gasteiger partial charge on any atom is -0.351 e. The van der Waals surface area contributed by atoms with Crippen LogP contribution in [0.25, 0.3) is 0 Å². The fourth-order valence-corrected chi connectivity index (χ4v) is 2.17. The van der Waals surface area contributed by atoms with Crippen LogP contribution in [0.3, 0.4) is 0 Å². The SMILES string of the molecule is Cc1ccc(CNC(=O)c2ccc(NC(N)=O)cc2)c(C)c1. The van der Waals surface area contributed by atoms with Gasteiger partial charge in [0.25, 0.3) is 5.91 Å². The highest BCUT2D eigenvalue weighted by Gasteiger charge is 2.06. The molecule has 2 aromatic rings. The maximum atomic E-state index is 12.1. The Bertz CT molecular complexity index is 694. The van der Waals surface area contributed by atoms with Gasteiger partial charge >= 0.3 is 6.03 Å². The van der Waals surface area contributed by atoms with Gasteiger partial charge in [-0.3, -0.25) is 4.79 Å². The number of hydrogen-bond acceptors (Lipinski definition) is 2. The van der Waals surface area contributed by atoms with E-state index in [1.807, 2.05) is 26.0 Å². The number of aryl methyl sites for hydroxylation is 2. The number of primary amides is 1. The predicted octanol–water partition coefficient (Wildman–Crippen LogP) is 2.72. The zero-order chi connectivity index (χ0) is 16.1. The normalized spacial score (nSPS) is 10.1. The second kappa shape index (κ2) is 6.76. The third kappa shape index (κ3) is 4.09. The molecule has 22 heavy (non-hydrogen) atoms. The third-order valence-corrected chi connectivity index (χ3v) is 3.35. The molecule has 0 heterocycles. The standard InChI is InChI=1S/C17H19N3O2/c1-11-3-4-14(12(2)9-11)10-19-16(21)13-5-7-15(8-6-13)20-17(18)22/h3-9H,10H2,1-2H3,(H,19,21)(H3,18,20,22). The van der Waals surface area contributed by atoms with Crippen molar-refractivity contribution in [2.45, 2.75) is 20.4 Å². The molecule has 0 aromatic heterocycles. The fourth-order valence-electron chi connectivity index (χ4n) is 2.17. The minimum atomic E-state index is -0.632. The smallest absolute Gasteiger partial charge is 0.316 e. The van der Waals surface area contributed by atoms with Gasteiger partial charge in [0.15, 0.2) is 0 Å². The molecule has 0 aliphatic heterocycles. The summed E-state index contributed by atoms with van der Waals surface area (Å²) in [6, 6.07) is 12.1. The molecule has 2 rings (SSSR count). The van der Waals surface area contributed by atoms with Crippen molar-refractivity contribution >= 4 is 17.6 Å². The topological polar surface area (TPSA) is 84.2 Å². The van der Waals surface area contributed by atoms with Gasteiger partial charge in [0.05, 0.1) is 0 Å². The van der Waals surface area contributed by atoms with Gasteiger partial charge in [-0.2, -0.15) is 0 Å². The van der Waals surface area contributed by atoms with Crippen LogP contribution in [0.5, 0.6) is 0 Å². The van der Waals surface area contributed by atoms with Crippen molar-refractivity contribution in [2.24, 2.45) is 5.73 Å². The van der Waals surface area contributed by atoms with E-state index >= 15 is 0 Å². The number of carbonyl (C=O) groups is 2. The lowest BCUT2D eigenvalue weighted by Gasteiger charge is -2.09. The first-order chi connectivity index (χ1) is 10.5. The van der Waals surface area contributed by atoms with Crippen LogP contribution >= 0.6 is 0 Å². The van der Waals surface area contributed by atoms with Crippen LogP contribution < -0.4 is 16.4 Å². The molecule has 0 spiro atoms. The number of nitrogens with two attached hydrogens (primary N) is 1. The molecule has 5 nitrogen and oxygen atoms in total. The molecule has 3 amide bonds. The van der Waals surface area contributed by atoms with Gasteiger partial charge < -0.3 is 16.4 Å². The number of rotatable bonds is 4. The summed E-state index contributed by atoms with van der Waals surface area (Å²) in [6.07, 6.45) is 0. The van der Waals surface area contributed by atoms with Crippen molar-refractivity contribution in [3.63, 3.8) is 0 Å². The molecule has 0 aliphatic rings. The molecule has 4 N–H and O–H groups in total. The third-order valence-electron chi connectivity index (χ3n) is 3.35. The first kappa shape index (κ1) is 15.6. The molecule has 2 aromatic carbocycles. The quantitative estimate of drug-likeness (QED) is 0.810. The van der Waals surface area contributed by atoms with E-state index in [0.717, 1.165) is 11.1 Å². The summed E-state index contributed by atoms with van der Waals surface area (Å²) in [5.41, 5.74) is 9.55. The molecule has 0 atom stereocenters. The van der Waals surface area contributed by atoms with Crippen molar-refractivity contribution in [1.29, 1.82) is 0 Å². The summed E-state index contributed by atoms with van der Waals surface area (Å²) >= 11 is 0. The van der Waals surface area contributed by atoms with Gasteiger partial charge in [-0.15, -0.1) is 0 Å². The summed E-state index contributed by atoms with van der Waals surface area (Å²) in [5.74, 6) is -0.161. The average Bonchev–Trinajstić information content (AvgIpc) is 2.46. The molecule has 5 heteroatoms. The van der Waals surface area contributed by atoms with Crippen molar-refractivity contribution in [3.05, 3.63) is 64.7 Å². The van der Waals surface area contributed by atoms with Crippen molar-refractivity contribution in [1.82, 2.24) is 5.32 Å². The van der Waals surface area contributed by atoms with Crippen molar-refractivity contribution < 1.29 is 9.59 Å². The van der Waals surface area contributed by atoms with Gasteiger partial charge in [-0.05, 0) is 49.2 Å². The highest BCUT2D eigenvalue weighted by molar-refractivity contribution is 5.95. The van der Waals surface area contributed by atoms with Crippen LogP contribution in [-0.4, -0.2) is 11.9 Å². The Hall–Kier alpha value is -2.82. The fraction of sp³-hybridized carbons (Fsp3) is 0.176. The first-order valence-corrected chi connectivity index (χ1v) is 6.96. The molecule has 0 fully saturated rings. The Morgan fingerprint density at radius 3 is 2.32 bits per heavy atom. The van der Waals surface area contributed by atoms with Crippen LogP contribution in [0.15, 0.2) is 42.5 Å². The summed E-state index contributed by atoms with van der Waals surface area (Å²) < 4.78 is 0. The van der Waals surface area contributed by atoms with Gasteiger partial charge in [-0.1, -0.05) is 23.8 Å². The molecule has 0 aliphatic carbocycles. The Morgan fingerprint density at radius 2 is 1.73 bits per heavy atom. The number of benzene rings is 2. The maximum Gasteiger partial charge on any atom is 0.316 e. The van der Waals surface area contributed by atoms with Crippen LogP contribution in [0.2, 0.25) is 0 Å². The Kier molecular flexibility index (Phi) is 4.78. The van der Waals surface area contributed by atoms with E-state index in [4.69, 9.17) is 5.73 Å². The van der Waals surface area contributed by atoms with E-state index < -0.39 is 6.03 Å². The summed E-state index contributed by atoms with van der Waals surface area (Å²) in [5, 5.41) is 5.33. The van der Waals surface area contributed by atoms with E-state index in [1.165, 1.54) is 5.56 Å². The molecule has 0 radical (unpaired) electrons. The van der Waals surface area contributed by atoms with E-state index in [-0.39, 0.29) is 5.91 Å². The molecule has 0 saturated carbocycles. The second-order valence-corrected chi connectivity index (χ2v) is 5.18. The molecule has 114 valence electrons. The monoisotopic (exact) mass is 297 g/mol. The summed E-state index contributed by atoms with van der Waals surface area (Å²) in [7, 11) is 0. The van der Waals surface area contributed by atoms with Crippen LogP contribution in [0.1, 0.15) is 27.0 Å². The lowest BCUT2D eigenvalue weighted by molar-refractivity contribution is 0.0951. The van der Waals surface area contributed by atoms with E-state index in [1.54, 1.807) is 24.3 Å². The lowest BCUT2D eigenvalue weighted by atomic mass is 10.1. The van der Waals surface area contributed by atoms with Crippen molar-refractivity contribution in [3.8, 4) is 0 Å². The lowest BCUT2D eigenvalue weighted by Crippen LogP contribution is -2.23. The van der Waals surface area contributed by atoms with Crippen LogP contribution in [-0.2, 0) is 6.54 Å². The highest BCUT2D eigenvalue weighted by Crippen LogP contribution is 2.12. The van der Waals surface area contributed by atoms with Crippen LogP contribution in [0, 0.1) is 13.8 Å². The Labute approximate surface area is 129 Å². The molecular weight excluding hydrogens is 278 g/mol. The predicted molar refractivity (Wildman–Crippen MR) is 86.7 cm³/mol. The molecule has 0 unspecified atom stereocenters. The first-order valence-electron chi connectivity index (χ1n) is 6.96. The second-order valence-electron chi connectivity index (χ2n) is 5.18.